The van der Waals surface area contributed by atoms with Crippen molar-refractivity contribution in [1.29, 1.82) is 0 Å². The lowest BCUT2D eigenvalue weighted by Gasteiger charge is -2.05. The van der Waals surface area contributed by atoms with Gasteiger partial charge in [0.1, 0.15) is 0 Å². The maximum absolute atomic E-state index is 9.60. The van der Waals surface area contributed by atoms with Gasteiger partial charge in [0, 0.05) is 5.56 Å². The van der Waals surface area contributed by atoms with Crippen molar-refractivity contribution in [3.05, 3.63) is 84.4 Å². The highest BCUT2D eigenvalue weighted by atomic mass is 16.3. The monoisotopic (exact) mass is 306 g/mol. The van der Waals surface area contributed by atoms with E-state index >= 15 is 0 Å². The van der Waals surface area contributed by atoms with Gasteiger partial charge in [-0.2, -0.15) is 0 Å². The van der Waals surface area contributed by atoms with Crippen LogP contribution >= 0.6 is 0 Å². The van der Waals surface area contributed by atoms with E-state index in [1.165, 1.54) is 24.5 Å². The number of para-hydroxylation sites is 1. The first-order valence-electron chi connectivity index (χ1n) is 7.82. The first kappa shape index (κ1) is 16.6. The molecule has 3 aromatic rings. The van der Waals surface area contributed by atoms with Crippen molar-refractivity contribution in [2.24, 2.45) is 0 Å². The van der Waals surface area contributed by atoms with Crippen molar-refractivity contribution < 1.29 is 10.2 Å². The predicted octanol–water partition coefficient (Wildman–Crippen LogP) is 5.40. The van der Waals surface area contributed by atoms with Crippen LogP contribution in [0.1, 0.15) is 18.9 Å². The average Bonchev–Trinajstić information content (AvgIpc) is 2.60. The highest BCUT2D eigenvalue weighted by Crippen LogP contribution is 2.35. The second kappa shape index (κ2) is 8.64. The molecule has 0 saturated carbocycles. The van der Waals surface area contributed by atoms with Gasteiger partial charge in [0.2, 0.25) is 0 Å². The second-order valence-corrected chi connectivity index (χ2v) is 5.27. The summed E-state index contributed by atoms with van der Waals surface area (Å²) in [6.45, 7) is 2.20. The molecular weight excluding hydrogens is 284 g/mol. The molecule has 0 radical (unpaired) electrons. The van der Waals surface area contributed by atoms with Crippen LogP contribution in [0.2, 0.25) is 0 Å². The third kappa shape index (κ3) is 4.89. The lowest BCUT2D eigenvalue weighted by molar-refractivity contribution is 0.405. The Balaban J connectivity index is 0.000000185. The summed E-state index contributed by atoms with van der Waals surface area (Å²) in [6, 6.07) is 25.0. The maximum Gasteiger partial charge on any atom is 0.165 e. The SMILES string of the molecule is CCCc1ccccc1.Oc1cccc(-c2ccccc2)c1O. The van der Waals surface area contributed by atoms with Crippen molar-refractivity contribution in [3.8, 4) is 22.6 Å². The topological polar surface area (TPSA) is 40.5 Å². The quantitative estimate of drug-likeness (QED) is 0.636. The van der Waals surface area contributed by atoms with Crippen molar-refractivity contribution in [2.75, 3.05) is 0 Å². The van der Waals surface area contributed by atoms with Crippen LogP contribution in [0, 0.1) is 0 Å². The Hall–Kier alpha value is -2.74. The third-order valence-electron chi connectivity index (χ3n) is 3.48. The summed E-state index contributed by atoms with van der Waals surface area (Å²) >= 11 is 0. The van der Waals surface area contributed by atoms with E-state index in [0.29, 0.717) is 5.56 Å². The number of phenols is 2. The van der Waals surface area contributed by atoms with E-state index < -0.39 is 0 Å². The minimum Gasteiger partial charge on any atom is -0.504 e. The molecule has 3 rings (SSSR count). The number of aromatic hydroxyl groups is 2. The number of benzene rings is 3. The standard InChI is InChI=1S/C12H10O2.C9H12/c13-11-8-4-7-10(12(11)14)9-5-2-1-3-6-9;1-2-6-9-7-4-3-5-8-9/h1-8,13-14H;3-5,7-8H,2,6H2,1H3. The Morgan fingerprint density at radius 1 is 0.696 bits per heavy atom. The Morgan fingerprint density at radius 3 is 1.91 bits per heavy atom. The Bertz CT molecular complexity index is 706. The van der Waals surface area contributed by atoms with Crippen molar-refractivity contribution in [3.63, 3.8) is 0 Å². The molecule has 0 amide bonds. The Labute approximate surface area is 137 Å². The van der Waals surface area contributed by atoms with Crippen LogP contribution in [0.15, 0.2) is 78.9 Å². The smallest absolute Gasteiger partial charge is 0.165 e. The molecule has 0 unspecified atom stereocenters. The normalized spacial score (nSPS) is 9.78. The number of hydrogen-bond donors (Lipinski definition) is 2. The van der Waals surface area contributed by atoms with Gasteiger partial charge in [0.05, 0.1) is 0 Å². The molecule has 0 bridgehead atoms. The van der Waals surface area contributed by atoms with Gasteiger partial charge in [0.25, 0.3) is 0 Å². The number of rotatable bonds is 3. The second-order valence-electron chi connectivity index (χ2n) is 5.27. The molecule has 3 aromatic carbocycles. The molecule has 0 saturated heterocycles. The first-order valence-corrected chi connectivity index (χ1v) is 7.82. The van der Waals surface area contributed by atoms with Gasteiger partial charge in [-0.3, -0.25) is 0 Å². The summed E-state index contributed by atoms with van der Waals surface area (Å²) in [5.74, 6) is -0.162. The Kier molecular flexibility index (Phi) is 6.25. The number of phenolic OH excluding ortho intramolecular Hbond substituents is 2. The summed E-state index contributed by atoms with van der Waals surface area (Å²) in [4.78, 5) is 0. The lowest BCUT2D eigenvalue weighted by atomic mass is 10.0. The highest BCUT2D eigenvalue weighted by molar-refractivity contribution is 5.72. The zero-order valence-electron chi connectivity index (χ0n) is 13.3. The first-order chi connectivity index (χ1) is 11.2. The minimum absolute atomic E-state index is 0.0706. The third-order valence-corrected chi connectivity index (χ3v) is 3.48. The van der Waals surface area contributed by atoms with Crippen molar-refractivity contribution in [2.45, 2.75) is 19.8 Å². The van der Waals surface area contributed by atoms with E-state index in [4.69, 9.17) is 0 Å². The number of aryl methyl sites for hydroxylation is 1. The fraction of sp³-hybridized carbons (Fsp3) is 0.143. The van der Waals surface area contributed by atoms with Crippen molar-refractivity contribution in [1.82, 2.24) is 0 Å². The van der Waals surface area contributed by atoms with Crippen LogP contribution < -0.4 is 0 Å². The summed E-state index contributed by atoms with van der Waals surface area (Å²) in [7, 11) is 0. The minimum atomic E-state index is -0.0913. The van der Waals surface area contributed by atoms with Crippen LogP contribution in [0.3, 0.4) is 0 Å². The number of hydrogen-bond acceptors (Lipinski definition) is 2. The van der Waals surface area contributed by atoms with Gasteiger partial charge in [-0.25, -0.2) is 0 Å². The molecule has 0 aromatic heterocycles. The maximum atomic E-state index is 9.60. The molecule has 0 atom stereocenters. The molecule has 23 heavy (non-hydrogen) atoms. The van der Waals surface area contributed by atoms with E-state index in [0.717, 1.165) is 5.56 Å². The van der Waals surface area contributed by atoms with Crippen LogP contribution in [-0.4, -0.2) is 10.2 Å². The highest BCUT2D eigenvalue weighted by Gasteiger charge is 2.06. The molecule has 118 valence electrons. The molecule has 2 nitrogen and oxygen atoms in total. The molecule has 0 heterocycles. The van der Waals surface area contributed by atoms with Gasteiger partial charge in [-0.1, -0.05) is 86.1 Å². The molecule has 0 aliphatic carbocycles. The van der Waals surface area contributed by atoms with Gasteiger partial charge in [-0.15, -0.1) is 0 Å². The van der Waals surface area contributed by atoms with Gasteiger partial charge in [0.15, 0.2) is 11.5 Å². The van der Waals surface area contributed by atoms with Crippen LogP contribution in [0.4, 0.5) is 0 Å². The predicted molar refractivity (Wildman–Crippen MR) is 95.6 cm³/mol. The fourth-order valence-electron chi connectivity index (χ4n) is 2.32. The molecule has 0 spiro atoms. The zero-order valence-corrected chi connectivity index (χ0v) is 13.3. The van der Waals surface area contributed by atoms with Crippen LogP contribution in [-0.2, 0) is 6.42 Å². The van der Waals surface area contributed by atoms with Gasteiger partial charge < -0.3 is 10.2 Å². The summed E-state index contributed by atoms with van der Waals surface area (Å²) < 4.78 is 0. The summed E-state index contributed by atoms with van der Waals surface area (Å²) in [5, 5.41) is 18.9. The molecule has 0 fully saturated rings. The molecule has 2 heteroatoms. The van der Waals surface area contributed by atoms with E-state index in [9.17, 15) is 10.2 Å². The Morgan fingerprint density at radius 2 is 1.30 bits per heavy atom. The summed E-state index contributed by atoms with van der Waals surface area (Å²) in [6.07, 6.45) is 2.45. The fourth-order valence-corrected chi connectivity index (χ4v) is 2.32. The van der Waals surface area contributed by atoms with E-state index in [2.05, 4.69) is 37.3 Å². The van der Waals surface area contributed by atoms with E-state index in [-0.39, 0.29) is 11.5 Å². The van der Waals surface area contributed by atoms with Gasteiger partial charge >= 0.3 is 0 Å². The largest absolute Gasteiger partial charge is 0.504 e. The molecule has 2 N–H and O–H groups in total. The van der Waals surface area contributed by atoms with E-state index in [1.54, 1.807) is 12.1 Å². The van der Waals surface area contributed by atoms with Crippen LogP contribution in [0.25, 0.3) is 11.1 Å². The van der Waals surface area contributed by atoms with E-state index in [1.807, 2.05) is 30.3 Å². The lowest BCUT2D eigenvalue weighted by Crippen LogP contribution is -1.78. The zero-order chi connectivity index (χ0) is 16.5. The molecule has 0 aliphatic heterocycles. The van der Waals surface area contributed by atoms with Crippen LogP contribution in [0.5, 0.6) is 11.5 Å². The van der Waals surface area contributed by atoms with Crippen molar-refractivity contribution >= 4 is 0 Å². The molecule has 0 aliphatic rings. The molecular formula is C21H22O2. The summed E-state index contributed by atoms with van der Waals surface area (Å²) in [5.41, 5.74) is 2.98. The average molecular weight is 306 g/mol. The van der Waals surface area contributed by atoms with Gasteiger partial charge in [-0.05, 0) is 23.6 Å².